The first-order valence-electron chi connectivity index (χ1n) is 8.12. The van der Waals surface area contributed by atoms with Crippen LogP contribution >= 0.6 is 0 Å². The summed E-state index contributed by atoms with van der Waals surface area (Å²) >= 11 is 0. The minimum Gasteiger partial charge on any atom is -0.356 e. The average Bonchev–Trinajstić information content (AvgIpc) is 3.05. The minimum absolute atomic E-state index is 0.00799. The summed E-state index contributed by atoms with van der Waals surface area (Å²) in [6.45, 7) is 2.24. The highest BCUT2D eigenvalue weighted by atomic mass is 16.5. The number of piperazine rings is 1. The quantitative estimate of drug-likeness (QED) is 0.758. The van der Waals surface area contributed by atoms with Crippen LogP contribution in [0.5, 0.6) is 0 Å². The lowest BCUT2D eigenvalue weighted by atomic mass is 10.1. The zero-order valence-corrected chi connectivity index (χ0v) is 13.5. The van der Waals surface area contributed by atoms with Crippen molar-refractivity contribution in [2.45, 2.75) is 6.42 Å². The summed E-state index contributed by atoms with van der Waals surface area (Å²) in [5, 5.41) is 4.89. The monoisotopic (exact) mass is 339 g/mol. The fraction of sp³-hybridized carbons (Fsp3) is 0.294. The number of nitrogens with one attached hydrogen (secondary N) is 1. The molecule has 1 saturated heterocycles. The lowest BCUT2D eigenvalue weighted by Gasteiger charge is -2.34. The molecule has 0 radical (unpaired) electrons. The van der Waals surface area contributed by atoms with Gasteiger partial charge in [0.1, 0.15) is 5.69 Å². The van der Waals surface area contributed by atoms with Gasteiger partial charge in [0.25, 0.3) is 5.56 Å². The first-order valence-corrected chi connectivity index (χ1v) is 8.12. The number of fused-ring (bicyclic) bond motifs is 1. The van der Waals surface area contributed by atoms with E-state index in [9.17, 15) is 9.59 Å². The van der Waals surface area contributed by atoms with Gasteiger partial charge in [0.15, 0.2) is 11.4 Å². The molecule has 1 aliphatic rings. The Hall–Kier alpha value is -3.16. The molecule has 0 aliphatic carbocycles. The standard InChI is InChI=1S/C17H17N5O3/c23-15(11-13-12-3-1-2-4-14(12)25-20-13)21-7-9-22(10-8-21)16-17(24)19-6-5-18-16/h1-6H,7-11H2,(H,19,24). The van der Waals surface area contributed by atoms with Crippen LogP contribution in [0.15, 0.2) is 46.0 Å². The summed E-state index contributed by atoms with van der Waals surface area (Å²) in [4.78, 5) is 34.8. The van der Waals surface area contributed by atoms with Gasteiger partial charge < -0.3 is 19.3 Å². The van der Waals surface area contributed by atoms with Crippen molar-refractivity contribution in [1.82, 2.24) is 20.0 Å². The molecule has 0 spiro atoms. The molecule has 0 unspecified atom stereocenters. The summed E-state index contributed by atoms with van der Waals surface area (Å²) in [5.41, 5.74) is 1.13. The molecule has 2 aromatic heterocycles. The number of nitrogens with zero attached hydrogens (tertiary/aromatic N) is 4. The number of rotatable bonds is 3. The molecule has 1 amide bonds. The van der Waals surface area contributed by atoms with Gasteiger partial charge in [0.05, 0.1) is 6.42 Å². The molecule has 25 heavy (non-hydrogen) atoms. The van der Waals surface area contributed by atoms with Crippen LogP contribution in [-0.4, -0.2) is 52.1 Å². The zero-order valence-electron chi connectivity index (χ0n) is 13.5. The topological polar surface area (TPSA) is 95.3 Å². The van der Waals surface area contributed by atoms with E-state index in [-0.39, 0.29) is 17.9 Å². The van der Waals surface area contributed by atoms with E-state index in [1.807, 2.05) is 29.2 Å². The number of aromatic nitrogens is 3. The molecule has 128 valence electrons. The predicted octanol–water partition coefficient (Wildman–Crippen LogP) is 0.802. The number of hydrogen-bond acceptors (Lipinski definition) is 6. The lowest BCUT2D eigenvalue weighted by molar-refractivity contribution is -0.130. The van der Waals surface area contributed by atoms with E-state index >= 15 is 0 Å². The van der Waals surface area contributed by atoms with Crippen molar-refractivity contribution in [3.05, 3.63) is 52.7 Å². The number of para-hydroxylation sites is 1. The van der Waals surface area contributed by atoms with Crippen LogP contribution in [0.4, 0.5) is 5.82 Å². The molecule has 1 aliphatic heterocycles. The molecule has 0 atom stereocenters. The fourth-order valence-corrected chi connectivity index (χ4v) is 3.06. The van der Waals surface area contributed by atoms with Crippen molar-refractivity contribution in [3.63, 3.8) is 0 Å². The maximum Gasteiger partial charge on any atom is 0.290 e. The predicted molar refractivity (Wildman–Crippen MR) is 91.4 cm³/mol. The number of carbonyl (C=O) groups excluding carboxylic acids is 1. The second-order valence-corrected chi connectivity index (χ2v) is 5.91. The van der Waals surface area contributed by atoms with Crippen LogP contribution in [0.2, 0.25) is 0 Å². The minimum atomic E-state index is -0.212. The third kappa shape index (κ3) is 2.98. The Morgan fingerprint density at radius 1 is 1.20 bits per heavy atom. The molecular formula is C17H17N5O3. The molecule has 8 nitrogen and oxygen atoms in total. The number of hydrogen-bond donors (Lipinski definition) is 1. The number of carbonyl (C=O) groups is 1. The molecule has 8 heteroatoms. The fourth-order valence-electron chi connectivity index (χ4n) is 3.06. The molecule has 0 saturated carbocycles. The highest BCUT2D eigenvalue weighted by molar-refractivity contribution is 5.86. The molecule has 4 rings (SSSR count). The van der Waals surface area contributed by atoms with Gasteiger partial charge in [-0.05, 0) is 12.1 Å². The van der Waals surface area contributed by atoms with Gasteiger partial charge in [-0.25, -0.2) is 4.98 Å². The van der Waals surface area contributed by atoms with Crippen molar-refractivity contribution in [2.24, 2.45) is 0 Å². The van der Waals surface area contributed by atoms with Crippen LogP contribution < -0.4 is 10.5 Å². The molecule has 3 heterocycles. The van der Waals surface area contributed by atoms with Crippen molar-refractivity contribution < 1.29 is 9.32 Å². The third-order valence-electron chi connectivity index (χ3n) is 4.39. The van der Waals surface area contributed by atoms with Gasteiger partial charge in [-0.15, -0.1) is 0 Å². The summed E-state index contributed by atoms with van der Waals surface area (Å²) in [7, 11) is 0. The summed E-state index contributed by atoms with van der Waals surface area (Å²) in [6, 6.07) is 7.51. The van der Waals surface area contributed by atoms with Crippen LogP contribution in [0.25, 0.3) is 11.0 Å². The van der Waals surface area contributed by atoms with Crippen LogP contribution in [0.1, 0.15) is 5.69 Å². The van der Waals surface area contributed by atoms with Crippen molar-refractivity contribution in [1.29, 1.82) is 0 Å². The van der Waals surface area contributed by atoms with E-state index < -0.39 is 0 Å². The molecule has 0 bridgehead atoms. The highest BCUT2D eigenvalue weighted by Gasteiger charge is 2.24. The van der Waals surface area contributed by atoms with Crippen LogP contribution in [0, 0.1) is 0 Å². The van der Waals surface area contributed by atoms with Gasteiger partial charge in [0, 0.05) is 44.0 Å². The largest absolute Gasteiger partial charge is 0.356 e. The van der Waals surface area contributed by atoms with E-state index in [1.165, 1.54) is 6.20 Å². The average molecular weight is 339 g/mol. The first kappa shape index (κ1) is 15.4. The Morgan fingerprint density at radius 2 is 2.00 bits per heavy atom. The van der Waals surface area contributed by atoms with E-state index in [2.05, 4.69) is 15.1 Å². The van der Waals surface area contributed by atoms with Gasteiger partial charge in [-0.3, -0.25) is 9.59 Å². The zero-order chi connectivity index (χ0) is 17.2. The normalized spacial score (nSPS) is 14.9. The highest BCUT2D eigenvalue weighted by Crippen LogP contribution is 2.19. The number of aromatic amines is 1. The lowest BCUT2D eigenvalue weighted by Crippen LogP contribution is -2.50. The second-order valence-electron chi connectivity index (χ2n) is 5.91. The Labute approximate surface area is 143 Å². The van der Waals surface area contributed by atoms with Crippen molar-refractivity contribution in [2.75, 3.05) is 31.1 Å². The Balaban J connectivity index is 1.41. The summed E-state index contributed by atoms with van der Waals surface area (Å²) in [6.07, 6.45) is 3.28. The Bertz CT molecular complexity index is 956. The van der Waals surface area contributed by atoms with Gasteiger partial charge >= 0.3 is 0 Å². The van der Waals surface area contributed by atoms with Crippen LogP contribution in [0.3, 0.4) is 0 Å². The van der Waals surface area contributed by atoms with Crippen molar-refractivity contribution in [3.8, 4) is 0 Å². The Kier molecular flexibility index (Phi) is 3.93. The van der Waals surface area contributed by atoms with Gasteiger partial charge in [-0.2, -0.15) is 0 Å². The molecule has 1 fully saturated rings. The molecule has 3 aromatic rings. The van der Waals surface area contributed by atoms with E-state index in [0.717, 1.165) is 5.39 Å². The maximum atomic E-state index is 12.6. The number of anilines is 1. The number of H-pyrrole nitrogens is 1. The first-order chi connectivity index (χ1) is 12.2. The summed E-state index contributed by atoms with van der Waals surface area (Å²) in [5.74, 6) is 0.408. The number of amides is 1. The second kappa shape index (κ2) is 6.39. The van der Waals surface area contributed by atoms with Crippen molar-refractivity contribution >= 4 is 22.7 Å². The molecule has 1 N–H and O–H groups in total. The smallest absolute Gasteiger partial charge is 0.290 e. The maximum absolute atomic E-state index is 12.6. The summed E-state index contributed by atoms with van der Waals surface area (Å²) < 4.78 is 5.25. The molecule has 1 aromatic carbocycles. The van der Waals surface area contributed by atoms with Crippen LogP contribution in [-0.2, 0) is 11.2 Å². The Morgan fingerprint density at radius 3 is 2.80 bits per heavy atom. The van der Waals surface area contributed by atoms with E-state index in [1.54, 1.807) is 11.1 Å². The van der Waals surface area contributed by atoms with Gasteiger partial charge in [0.2, 0.25) is 5.91 Å². The van der Waals surface area contributed by atoms with Gasteiger partial charge in [-0.1, -0.05) is 17.3 Å². The molecular weight excluding hydrogens is 322 g/mol. The van der Waals surface area contributed by atoms with E-state index in [0.29, 0.717) is 43.3 Å². The SMILES string of the molecule is O=C(Cc1noc2ccccc12)N1CCN(c2ncc[nH]c2=O)CC1. The van der Waals surface area contributed by atoms with E-state index in [4.69, 9.17) is 4.52 Å². The number of benzene rings is 1. The third-order valence-corrected chi connectivity index (χ3v) is 4.39.